The Hall–Kier alpha value is -2.04. The van der Waals surface area contributed by atoms with Crippen molar-refractivity contribution in [2.24, 2.45) is 0 Å². The molecule has 1 aromatic rings. The molecule has 1 atom stereocenters. The van der Waals surface area contributed by atoms with E-state index in [1.807, 2.05) is 31.2 Å². The molecule has 0 fully saturated rings. The SMILES string of the molecule is CCC(C(=O)O)N(C)C(=O)CCOc1ccc(C)cc1. The molecule has 0 aliphatic rings. The molecule has 110 valence electrons. The van der Waals surface area contributed by atoms with Gasteiger partial charge >= 0.3 is 5.97 Å². The summed E-state index contributed by atoms with van der Waals surface area (Å²) >= 11 is 0. The molecule has 20 heavy (non-hydrogen) atoms. The average Bonchev–Trinajstić information content (AvgIpc) is 2.41. The lowest BCUT2D eigenvalue weighted by atomic mass is 10.2. The number of carboxylic acid groups (broad SMARTS) is 1. The minimum atomic E-state index is -0.984. The van der Waals surface area contributed by atoms with Crippen LogP contribution >= 0.6 is 0 Å². The maximum atomic E-state index is 11.9. The summed E-state index contributed by atoms with van der Waals surface area (Å²) in [7, 11) is 1.51. The second kappa shape index (κ2) is 7.53. The molecular weight excluding hydrogens is 258 g/mol. The largest absolute Gasteiger partial charge is 0.493 e. The van der Waals surface area contributed by atoms with Crippen molar-refractivity contribution >= 4 is 11.9 Å². The summed E-state index contributed by atoms with van der Waals surface area (Å²) in [5, 5.41) is 9.00. The first-order chi connectivity index (χ1) is 9.45. The second-order valence-corrected chi connectivity index (χ2v) is 4.68. The lowest BCUT2D eigenvalue weighted by Crippen LogP contribution is -2.42. The number of hydrogen-bond donors (Lipinski definition) is 1. The van der Waals surface area contributed by atoms with Crippen LogP contribution in [0, 0.1) is 6.92 Å². The lowest BCUT2D eigenvalue weighted by molar-refractivity contribution is -0.149. The van der Waals surface area contributed by atoms with Gasteiger partial charge in [-0.2, -0.15) is 0 Å². The molecule has 0 aromatic heterocycles. The predicted molar refractivity (Wildman–Crippen MR) is 75.8 cm³/mol. The fourth-order valence-corrected chi connectivity index (χ4v) is 1.85. The highest BCUT2D eigenvalue weighted by Gasteiger charge is 2.24. The third kappa shape index (κ3) is 4.57. The molecule has 0 bridgehead atoms. The van der Waals surface area contributed by atoms with Gasteiger partial charge in [0.05, 0.1) is 13.0 Å². The molecule has 0 aliphatic heterocycles. The Balaban J connectivity index is 2.43. The van der Waals surface area contributed by atoms with Gasteiger partial charge in [0.25, 0.3) is 0 Å². The number of amides is 1. The van der Waals surface area contributed by atoms with Crippen LogP contribution in [-0.2, 0) is 9.59 Å². The van der Waals surface area contributed by atoms with Gasteiger partial charge in [-0.3, -0.25) is 4.79 Å². The van der Waals surface area contributed by atoms with Gasteiger partial charge in [0, 0.05) is 7.05 Å². The summed E-state index contributed by atoms with van der Waals surface area (Å²) in [6.07, 6.45) is 0.546. The van der Waals surface area contributed by atoms with Gasteiger partial charge in [0.15, 0.2) is 0 Å². The van der Waals surface area contributed by atoms with E-state index in [1.165, 1.54) is 11.9 Å². The summed E-state index contributed by atoms with van der Waals surface area (Å²) in [6, 6.07) is 6.77. The number of hydrogen-bond acceptors (Lipinski definition) is 3. The van der Waals surface area contributed by atoms with Crippen LogP contribution in [-0.4, -0.2) is 41.6 Å². The van der Waals surface area contributed by atoms with E-state index in [4.69, 9.17) is 9.84 Å². The molecule has 1 N–H and O–H groups in total. The van der Waals surface area contributed by atoms with Crippen molar-refractivity contribution in [3.63, 3.8) is 0 Å². The fourth-order valence-electron chi connectivity index (χ4n) is 1.85. The van der Waals surface area contributed by atoms with E-state index in [9.17, 15) is 9.59 Å². The van der Waals surface area contributed by atoms with Crippen LogP contribution in [0.15, 0.2) is 24.3 Å². The number of aryl methyl sites for hydroxylation is 1. The van der Waals surface area contributed by atoms with E-state index in [0.717, 1.165) is 5.56 Å². The molecule has 1 amide bonds. The molecule has 5 nitrogen and oxygen atoms in total. The maximum Gasteiger partial charge on any atom is 0.326 e. The van der Waals surface area contributed by atoms with Gasteiger partial charge in [-0.25, -0.2) is 4.79 Å². The van der Waals surface area contributed by atoms with Crippen LogP contribution in [0.2, 0.25) is 0 Å². The average molecular weight is 279 g/mol. The first-order valence-corrected chi connectivity index (χ1v) is 6.63. The van der Waals surface area contributed by atoms with Crippen LogP contribution in [0.3, 0.4) is 0 Å². The van der Waals surface area contributed by atoms with Crippen molar-refractivity contribution in [3.8, 4) is 5.75 Å². The quantitative estimate of drug-likeness (QED) is 0.830. The first kappa shape index (κ1) is 16.0. The van der Waals surface area contributed by atoms with E-state index in [0.29, 0.717) is 12.2 Å². The summed E-state index contributed by atoms with van der Waals surface area (Å²) in [6.45, 7) is 3.96. The van der Waals surface area contributed by atoms with Crippen LogP contribution in [0.5, 0.6) is 5.75 Å². The zero-order valence-corrected chi connectivity index (χ0v) is 12.1. The van der Waals surface area contributed by atoms with Crippen molar-refractivity contribution < 1.29 is 19.4 Å². The number of benzene rings is 1. The topological polar surface area (TPSA) is 66.8 Å². The first-order valence-electron chi connectivity index (χ1n) is 6.63. The van der Waals surface area contributed by atoms with Gasteiger partial charge in [0.2, 0.25) is 5.91 Å². The highest BCUT2D eigenvalue weighted by Crippen LogP contribution is 2.12. The summed E-state index contributed by atoms with van der Waals surface area (Å²) in [4.78, 5) is 24.1. The third-order valence-electron chi connectivity index (χ3n) is 3.14. The van der Waals surface area contributed by atoms with Crippen LogP contribution in [0.1, 0.15) is 25.3 Å². The highest BCUT2D eigenvalue weighted by molar-refractivity contribution is 5.83. The molecule has 0 heterocycles. The fraction of sp³-hybridized carbons (Fsp3) is 0.467. The van der Waals surface area contributed by atoms with E-state index < -0.39 is 12.0 Å². The predicted octanol–water partition coefficient (Wildman–Crippen LogP) is 2.09. The molecular formula is C15H21NO4. The van der Waals surface area contributed by atoms with Gasteiger partial charge < -0.3 is 14.7 Å². The number of carbonyl (C=O) groups excluding carboxylic acids is 1. The summed E-state index contributed by atoms with van der Waals surface area (Å²) < 4.78 is 5.46. The Labute approximate surface area is 119 Å². The van der Waals surface area contributed by atoms with Gasteiger partial charge in [-0.15, -0.1) is 0 Å². The number of rotatable bonds is 7. The molecule has 1 rings (SSSR count). The van der Waals surface area contributed by atoms with Gasteiger partial charge in [0.1, 0.15) is 11.8 Å². The number of likely N-dealkylation sites (N-methyl/N-ethyl adjacent to an activating group) is 1. The van der Waals surface area contributed by atoms with Gasteiger partial charge in [-0.1, -0.05) is 24.6 Å². The maximum absolute atomic E-state index is 11.9. The summed E-state index contributed by atoms with van der Waals surface area (Å²) in [5.41, 5.74) is 1.14. The Morgan fingerprint density at radius 3 is 2.40 bits per heavy atom. The lowest BCUT2D eigenvalue weighted by Gasteiger charge is -2.23. The monoisotopic (exact) mass is 279 g/mol. The third-order valence-corrected chi connectivity index (χ3v) is 3.14. The minimum Gasteiger partial charge on any atom is -0.493 e. The number of nitrogens with zero attached hydrogens (tertiary/aromatic N) is 1. The van der Waals surface area contributed by atoms with Crippen molar-refractivity contribution in [1.29, 1.82) is 0 Å². The molecule has 1 unspecified atom stereocenters. The highest BCUT2D eigenvalue weighted by atomic mass is 16.5. The van der Waals surface area contributed by atoms with Gasteiger partial charge in [-0.05, 0) is 25.5 Å². The summed E-state index contributed by atoms with van der Waals surface area (Å²) in [5.74, 6) is -0.509. The Morgan fingerprint density at radius 2 is 1.90 bits per heavy atom. The molecule has 0 saturated carbocycles. The zero-order chi connectivity index (χ0) is 15.1. The Morgan fingerprint density at radius 1 is 1.30 bits per heavy atom. The molecule has 0 spiro atoms. The van der Waals surface area contributed by atoms with Crippen molar-refractivity contribution in [2.75, 3.05) is 13.7 Å². The number of carbonyl (C=O) groups is 2. The smallest absolute Gasteiger partial charge is 0.326 e. The standard InChI is InChI=1S/C15H21NO4/c1-4-13(15(18)19)16(3)14(17)9-10-20-12-7-5-11(2)6-8-12/h5-8,13H,4,9-10H2,1-3H3,(H,18,19). The van der Waals surface area contributed by atoms with Crippen LogP contribution < -0.4 is 4.74 Å². The van der Waals surface area contributed by atoms with Crippen molar-refractivity contribution in [1.82, 2.24) is 4.90 Å². The van der Waals surface area contributed by atoms with E-state index in [2.05, 4.69) is 0 Å². The Kier molecular flexibility index (Phi) is 6.03. The van der Waals surface area contributed by atoms with Crippen LogP contribution in [0.4, 0.5) is 0 Å². The normalized spacial score (nSPS) is 11.8. The minimum absolute atomic E-state index is 0.161. The molecule has 0 radical (unpaired) electrons. The van der Waals surface area contributed by atoms with Crippen LogP contribution in [0.25, 0.3) is 0 Å². The van der Waals surface area contributed by atoms with E-state index in [-0.39, 0.29) is 18.9 Å². The number of carboxylic acids is 1. The Bertz CT molecular complexity index is 455. The zero-order valence-electron chi connectivity index (χ0n) is 12.1. The van der Waals surface area contributed by atoms with Crippen molar-refractivity contribution in [3.05, 3.63) is 29.8 Å². The van der Waals surface area contributed by atoms with E-state index >= 15 is 0 Å². The van der Waals surface area contributed by atoms with Crippen molar-refractivity contribution in [2.45, 2.75) is 32.7 Å². The molecule has 0 saturated heterocycles. The molecule has 1 aromatic carbocycles. The molecule has 0 aliphatic carbocycles. The molecule has 5 heteroatoms. The van der Waals surface area contributed by atoms with E-state index in [1.54, 1.807) is 6.92 Å². The number of ether oxygens (including phenoxy) is 1. The second-order valence-electron chi connectivity index (χ2n) is 4.68. The number of aliphatic carboxylic acids is 1.